The lowest BCUT2D eigenvalue weighted by Gasteiger charge is -2.27. The first-order valence-corrected chi connectivity index (χ1v) is 8.95. The van der Waals surface area contributed by atoms with Crippen LogP contribution in [-0.4, -0.2) is 51.4 Å². The van der Waals surface area contributed by atoms with E-state index in [1.807, 2.05) is 24.3 Å². The zero-order chi connectivity index (χ0) is 19.1. The van der Waals surface area contributed by atoms with Crippen molar-refractivity contribution in [1.29, 1.82) is 0 Å². The highest BCUT2D eigenvalue weighted by atomic mass is 16.5. The predicted octanol–water partition coefficient (Wildman–Crippen LogP) is 1.79. The maximum atomic E-state index is 12.3. The lowest BCUT2D eigenvalue weighted by molar-refractivity contribution is -0.120. The number of carbonyl (C=O) groups excluding carboxylic acids is 1. The van der Waals surface area contributed by atoms with Gasteiger partial charge >= 0.3 is 0 Å². The second-order valence-corrected chi connectivity index (χ2v) is 6.26. The molecular weight excluding hydrogens is 346 g/mol. The third kappa shape index (κ3) is 5.10. The van der Waals surface area contributed by atoms with Crippen LogP contribution in [0.1, 0.15) is 11.1 Å². The predicted molar refractivity (Wildman–Crippen MR) is 102 cm³/mol. The molecule has 2 heterocycles. The van der Waals surface area contributed by atoms with Gasteiger partial charge in [-0.25, -0.2) is 4.98 Å². The second-order valence-electron chi connectivity index (χ2n) is 6.26. The summed E-state index contributed by atoms with van der Waals surface area (Å²) < 4.78 is 15.9. The Balaban J connectivity index is 1.53. The molecule has 27 heavy (non-hydrogen) atoms. The average Bonchev–Trinajstić information content (AvgIpc) is 2.73. The highest BCUT2D eigenvalue weighted by Gasteiger charge is 2.13. The minimum atomic E-state index is -0.0734. The lowest BCUT2D eigenvalue weighted by Crippen LogP contribution is -2.36. The molecule has 0 spiro atoms. The van der Waals surface area contributed by atoms with Gasteiger partial charge in [0.1, 0.15) is 17.3 Å². The fraction of sp³-hybridized carbons (Fsp3) is 0.400. The molecule has 1 amide bonds. The van der Waals surface area contributed by atoms with Gasteiger partial charge in [-0.15, -0.1) is 0 Å². The number of anilines is 1. The van der Waals surface area contributed by atoms with Crippen LogP contribution < -0.4 is 19.7 Å². The summed E-state index contributed by atoms with van der Waals surface area (Å²) in [7, 11) is 3.18. The van der Waals surface area contributed by atoms with E-state index in [0.29, 0.717) is 18.0 Å². The van der Waals surface area contributed by atoms with E-state index in [-0.39, 0.29) is 12.3 Å². The van der Waals surface area contributed by atoms with Crippen molar-refractivity contribution in [3.63, 3.8) is 0 Å². The Bertz CT molecular complexity index is 758. The van der Waals surface area contributed by atoms with E-state index < -0.39 is 0 Å². The standard InChI is InChI=1S/C20H25N3O4/c1-25-17-5-4-16(18(12-17)26-2)11-20(24)22-14-15-3-6-19(21-13-15)23-7-9-27-10-8-23/h3-6,12-13H,7-11,14H2,1-2H3,(H,22,24). The summed E-state index contributed by atoms with van der Waals surface area (Å²) in [4.78, 5) is 19.0. The fourth-order valence-electron chi connectivity index (χ4n) is 2.93. The molecule has 1 aromatic carbocycles. The number of carbonyl (C=O) groups is 1. The third-order valence-corrected chi connectivity index (χ3v) is 4.48. The number of hydrogen-bond donors (Lipinski definition) is 1. The minimum absolute atomic E-state index is 0.0734. The van der Waals surface area contributed by atoms with Crippen molar-refractivity contribution in [2.24, 2.45) is 0 Å². The smallest absolute Gasteiger partial charge is 0.224 e. The molecule has 0 bridgehead atoms. The molecule has 144 valence electrons. The summed E-state index contributed by atoms with van der Waals surface area (Å²) in [5.74, 6) is 2.20. The van der Waals surface area contributed by atoms with Crippen molar-refractivity contribution < 1.29 is 19.0 Å². The van der Waals surface area contributed by atoms with Crippen LogP contribution in [0, 0.1) is 0 Å². The molecule has 3 rings (SSSR count). The topological polar surface area (TPSA) is 72.9 Å². The van der Waals surface area contributed by atoms with Gasteiger partial charge in [-0.3, -0.25) is 4.79 Å². The number of methoxy groups -OCH3 is 2. The number of amides is 1. The molecule has 0 saturated carbocycles. The molecule has 0 unspecified atom stereocenters. The van der Waals surface area contributed by atoms with Crippen LogP contribution in [0.5, 0.6) is 11.5 Å². The van der Waals surface area contributed by atoms with E-state index in [1.165, 1.54) is 0 Å². The van der Waals surface area contributed by atoms with Gasteiger partial charge < -0.3 is 24.4 Å². The van der Waals surface area contributed by atoms with Crippen LogP contribution >= 0.6 is 0 Å². The maximum absolute atomic E-state index is 12.3. The Hall–Kier alpha value is -2.80. The number of nitrogens with zero attached hydrogens (tertiary/aromatic N) is 2. The Kier molecular flexibility index (Phi) is 6.49. The summed E-state index contributed by atoms with van der Waals surface area (Å²) >= 11 is 0. The van der Waals surface area contributed by atoms with E-state index in [0.717, 1.165) is 43.2 Å². The summed E-state index contributed by atoms with van der Waals surface area (Å²) in [6.45, 7) is 3.61. The van der Waals surface area contributed by atoms with Crippen molar-refractivity contribution >= 4 is 11.7 Å². The normalized spacial score (nSPS) is 13.9. The summed E-state index contributed by atoms with van der Waals surface area (Å²) in [5, 5.41) is 2.93. The minimum Gasteiger partial charge on any atom is -0.497 e. The molecule has 1 aromatic heterocycles. The van der Waals surface area contributed by atoms with Crippen LogP contribution in [0.25, 0.3) is 0 Å². The first-order chi connectivity index (χ1) is 13.2. The molecule has 7 heteroatoms. The van der Waals surface area contributed by atoms with Gasteiger partial charge in [0.05, 0.1) is 33.9 Å². The van der Waals surface area contributed by atoms with E-state index in [1.54, 1.807) is 26.5 Å². The Morgan fingerprint density at radius 1 is 1.19 bits per heavy atom. The largest absolute Gasteiger partial charge is 0.497 e. The summed E-state index contributed by atoms with van der Waals surface area (Å²) in [6.07, 6.45) is 2.05. The van der Waals surface area contributed by atoms with E-state index in [4.69, 9.17) is 14.2 Å². The van der Waals surface area contributed by atoms with Crippen molar-refractivity contribution in [2.45, 2.75) is 13.0 Å². The molecule has 1 aliphatic heterocycles. The molecule has 1 fully saturated rings. The van der Waals surface area contributed by atoms with E-state index in [9.17, 15) is 4.79 Å². The third-order valence-electron chi connectivity index (χ3n) is 4.48. The monoisotopic (exact) mass is 371 g/mol. The quantitative estimate of drug-likeness (QED) is 0.800. The lowest BCUT2D eigenvalue weighted by atomic mass is 10.1. The van der Waals surface area contributed by atoms with Crippen LogP contribution in [-0.2, 0) is 22.5 Å². The number of aromatic nitrogens is 1. The van der Waals surface area contributed by atoms with Crippen molar-refractivity contribution in [2.75, 3.05) is 45.4 Å². The molecule has 1 N–H and O–H groups in total. The van der Waals surface area contributed by atoms with Gasteiger partial charge in [-0.05, 0) is 17.7 Å². The fourth-order valence-corrected chi connectivity index (χ4v) is 2.93. The molecule has 0 aliphatic carbocycles. The number of ether oxygens (including phenoxy) is 3. The molecule has 1 aliphatic rings. The summed E-state index contributed by atoms with van der Waals surface area (Å²) in [5.41, 5.74) is 1.78. The Morgan fingerprint density at radius 2 is 2.00 bits per heavy atom. The zero-order valence-electron chi connectivity index (χ0n) is 15.7. The van der Waals surface area contributed by atoms with Crippen molar-refractivity contribution in [1.82, 2.24) is 10.3 Å². The number of morpholine rings is 1. The molecule has 1 saturated heterocycles. The van der Waals surface area contributed by atoms with Crippen molar-refractivity contribution in [3.05, 3.63) is 47.7 Å². The molecule has 2 aromatic rings. The van der Waals surface area contributed by atoms with Crippen LogP contribution in [0.15, 0.2) is 36.5 Å². The Labute approximate surface area is 159 Å². The highest BCUT2D eigenvalue weighted by Crippen LogP contribution is 2.24. The van der Waals surface area contributed by atoms with Gasteiger partial charge in [-0.1, -0.05) is 12.1 Å². The van der Waals surface area contributed by atoms with Crippen LogP contribution in [0.2, 0.25) is 0 Å². The van der Waals surface area contributed by atoms with E-state index in [2.05, 4.69) is 15.2 Å². The number of hydrogen-bond acceptors (Lipinski definition) is 6. The van der Waals surface area contributed by atoms with Crippen LogP contribution in [0.3, 0.4) is 0 Å². The highest BCUT2D eigenvalue weighted by molar-refractivity contribution is 5.79. The first-order valence-electron chi connectivity index (χ1n) is 8.95. The second kappa shape index (κ2) is 9.23. The molecular formula is C20H25N3O4. The zero-order valence-corrected chi connectivity index (χ0v) is 15.7. The summed E-state index contributed by atoms with van der Waals surface area (Å²) in [6, 6.07) is 9.41. The first kappa shape index (κ1) is 19.0. The number of rotatable bonds is 7. The van der Waals surface area contributed by atoms with E-state index >= 15 is 0 Å². The van der Waals surface area contributed by atoms with Gasteiger partial charge in [0.25, 0.3) is 0 Å². The molecule has 0 atom stereocenters. The van der Waals surface area contributed by atoms with Gasteiger partial charge in [0.2, 0.25) is 5.91 Å². The van der Waals surface area contributed by atoms with Gasteiger partial charge in [0, 0.05) is 37.5 Å². The average molecular weight is 371 g/mol. The van der Waals surface area contributed by atoms with Gasteiger partial charge in [0.15, 0.2) is 0 Å². The van der Waals surface area contributed by atoms with Gasteiger partial charge in [-0.2, -0.15) is 0 Å². The SMILES string of the molecule is COc1ccc(CC(=O)NCc2ccc(N3CCOCC3)nc2)c(OC)c1. The maximum Gasteiger partial charge on any atom is 0.224 e. The van der Waals surface area contributed by atoms with Crippen LogP contribution in [0.4, 0.5) is 5.82 Å². The molecule has 0 radical (unpaired) electrons. The Morgan fingerprint density at radius 3 is 2.67 bits per heavy atom. The number of nitrogens with one attached hydrogen (secondary N) is 1. The number of pyridine rings is 1. The van der Waals surface area contributed by atoms with Crippen molar-refractivity contribution in [3.8, 4) is 11.5 Å². The number of benzene rings is 1. The molecule has 7 nitrogen and oxygen atoms in total.